The first-order valence-electron chi connectivity index (χ1n) is 9.39. The number of para-hydroxylation sites is 1. The molecule has 0 aliphatic rings. The highest BCUT2D eigenvalue weighted by Gasteiger charge is 2.12. The van der Waals surface area contributed by atoms with Crippen molar-refractivity contribution >= 4 is 17.4 Å². The Hall–Kier alpha value is -3.74. The molecule has 0 saturated carbocycles. The van der Waals surface area contributed by atoms with Gasteiger partial charge in [-0.05, 0) is 62.2 Å². The number of nitrogens with zero attached hydrogens (tertiary/aromatic N) is 4. The molecule has 0 radical (unpaired) electrons. The molecule has 0 aliphatic carbocycles. The number of benzene rings is 2. The van der Waals surface area contributed by atoms with Crippen LogP contribution in [-0.4, -0.2) is 25.5 Å². The van der Waals surface area contributed by atoms with Gasteiger partial charge in [0.15, 0.2) is 0 Å². The van der Waals surface area contributed by atoms with Crippen molar-refractivity contribution in [1.29, 1.82) is 0 Å². The second-order valence-corrected chi connectivity index (χ2v) is 6.72. The van der Waals surface area contributed by atoms with Crippen molar-refractivity contribution in [1.82, 2.24) is 19.6 Å². The lowest BCUT2D eigenvalue weighted by Crippen LogP contribution is -2.14. The number of carbonyl (C=O) groups excluding carboxylic acids is 1. The molecule has 2 heterocycles. The van der Waals surface area contributed by atoms with E-state index < -0.39 is 0 Å². The lowest BCUT2D eigenvalue weighted by molar-refractivity contribution is -0.116. The predicted molar refractivity (Wildman–Crippen MR) is 110 cm³/mol. The molecule has 4 rings (SSSR count). The fraction of sp³-hybridized carbons (Fsp3) is 0.182. The molecule has 0 atom stereocenters. The van der Waals surface area contributed by atoms with Crippen molar-refractivity contribution in [3.05, 3.63) is 77.9 Å². The number of hydrogen-bond donors (Lipinski definition) is 1. The maximum absolute atomic E-state index is 12.4. The van der Waals surface area contributed by atoms with E-state index in [1.54, 1.807) is 4.52 Å². The Balaban J connectivity index is 1.36. The number of fused-ring (bicyclic) bond motifs is 1. The Labute approximate surface area is 168 Å². The van der Waals surface area contributed by atoms with Crippen LogP contribution in [0, 0.1) is 13.8 Å². The van der Waals surface area contributed by atoms with E-state index in [4.69, 9.17) is 4.74 Å². The molecule has 0 fully saturated rings. The summed E-state index contributed by atoms with van der Waals surface area (Å²) in [7, 11) is 0. The maximum atomic E-state index is 12.4. The van der Waals surface area contributed by atoms with E-state index in [0.29, 0.717) is 24.4 Å². The van der Waals surface area contributed by atoms with Crippen LogP contribution in [0.1, 0.15) is 23.4 Å². The molecule has 0 aliphatic heterocycles. The highest BCUT2D eigenvalue weighted by atomic mass is 16.5. The van der Waals surface area contributed by atoms with E-state index in [1.807, 2.05) is 68.4 Å². The molecule has 0 bridgehead atoms. The molecule has 7 nitrogen and oxygen atoms in total. The van der Waals surface area contributed by atoms with E-state index in [1.165, 1.54) is 6.33 Å². The van der Waals surface area contributed by atoms with Gasteiger partial charge in [0.25, 0.3) is 5.78 Å². The molecular weight excluding hydrogens is 366 g/mol. The summed E-state index contributed by atoms with van der Waals surface area (Å²) in [5, 5.41) is 7.11. The smallest absolute Gasteiger partial charge is 0.252 e. The third-order valence-electron chi connectivity index (χ3n) is 4.71. The molecular formula is C22H21N5O2. The summed E-state index contributed by atoms with van der Waals surface area (Å²) in [5.74, 6) is 2.01. The zero-order chi connectivity index (χ0) is 20.2. The first-order valence-corrected chi connectivity index (χ1v) is 9.39. The van der Waals surface area contributed by atoms with Gasteiger partial charge < -0.3 is 10.1 Å². The average Bonchev–Trinajstić information content (AvgIpc) is 3.19. The van der Waals surface area contributed by atoms with Crippen LogP contribution in [-0.2, 0) is 11.2 Å². The van der Waals surface area contributed by atoms with Crippen LogP contribution < -0.4 is 10.1 Å². The van der Waals surface area contributed by atoms with Crippen LogP contribution in [0.4, 0.5) is 5.69 Å². The topological polar surface area (TPSA) is 81.4 Å². The van der Waals surface area contributed by atoms with E-state index >= 15 is 0 Å². The summed E-state index contributed by atoms with van der Waals surface area (Å²) in [4.78, 5) is 21.0. The number of carbonyl (C=O) groups is 1. The Morgan fingerprint density at radius 1 is 1.03 bits per heavy atom. The van der Waals surface area contributed by atoms with Crippen molar-refractivity contribution in [2.24, 2.45) is 0 Å². The Kier molecular flexibility index (Phi) is 5.20. The minimum Gasteiger partial charge on any atom is -0.457 e. The molecule has 29 heavy (non-hydrogen) atoms. The van der Waals surface area contributed by atoms with Gasteiger partial charge in [0.2, 0.25) is 5.91 Å². The number of hydrogen-bond acceptors (Lipinski definition) is 5. The second kappa shape index (κ2) is 8.10. The number of aromatic nitrogens is 4. The standard InChI is InChI=1S/C22H21N5O2/c1-15-20(16(2)27-22(25-15)23-14-24-27)12-13-21(28)26-17-8-10-19(11-9-17)29-18-6-4-3-5-7-18/h3-11,14H,12-13H2,1-2H3,(H,26,28). The Morgan fingerprint density at radius 3 is 2.52 bits per heavy atom. The van der Waals surface area contributed by atoms with Crippen LogP contribution >= 0.6 is 0 Å². The summed E-state index contributed by atoms with van der Waals surface area (Å²) in [6, 6.07) is 16.9. The van der Waals surface area contributed by atoms with Crippen molar-refractivity contribution in [2.75, 3.05) is 5.32 Å². The molecule has 2 aromatic carbocycles. The summed E-state index contributed by atoms with van der Waals surface area (Å²) in [6.07, 6.45) is 2.42. The number of anilines is 1. The van der Waals surface area contributed by atoms with Crippen LogP contribution in [0.2, 0.25) is 0 Å². The second-order valence-electron chi connectivity index (χ2n) is 6.72. The zero-order valence-corrected chi connectivity index (χ0v) is 16.3. The van der Waals surface area contributed by atoms with Gasteiger partial charge in [-0.2, -0.15) is 10.1 Å². The first kappa shape index (κ1) is 18.6. The summed E-state index contributed by atoms with van der Waals surface area (Å²) >= 11 is 0. The minimum atomic E-state index is -0.0563. The van der Waals surface area contributed by atoms with E-state index in [0.717, 1.165) is 28.4 Å². The van der Waals surface area contributed by atoms with Crippen molar-refractivity contribution in [2.45, 2.75) is 26.7 Å². The van der Waals surface area contributed by atoms with Gasteiger partial charge in [-0.1, -0.05) is 18.2 Å². The van der Waals surface area contributed by atoms with Crippen LogP contribution in [0.25, 0.3) is 5.78 Å². The van der Waals surface area contributed by atoms with Crippen molar-refractivity contribution in [3.8, 4) is 11.5 Å². The lowest BCUT2D eigenvalue weighted by Gasteiger charge is -2.11. The number of amides is 1. The van der Waals surface area contributed by atoms with Crippen LogP contribution in [0.5, 0.6) is 11.5 Å². The number of ether oxygens (including phenoxy) is 1. The number of nitrogens with one attached hydrogen (secondary N) is 1. The largest absolute Gasteiger partial charge is 0.457 e. The Bertz CT molecular complexity index is 1140. The van der Waals surface area contributed by atoms with E-state index in [2.05, 4.69) is 20.4 Å². The van der Waals surface area contributed by atoms with Gasteiger partial charge in [0.1, 0.15) is 17.8 Å². The Morgan fingerprint density at radius 2 is 1.76 bits per heavy atom. The van der Waals surface area contributed by atoms with Gasteiger partial charge in [-0.25, -0.2) is 9.50 Å². The molecule has 2 aromatic heterocycles. The third kappa shape index (κ3) is 4.24. The predicted octanol–water partition coefficient (Wildman–Crippen LogP) is 4.10. The van der Waals surface area contributed by atoms with Crippen LogP contribution in [0.3, 0.4) is 0 Å². The monoisotopic (exact) mass is 387 g/mol. The average molecular weight is 387 g/mol. The van der Waals surface area contributed by atoms with Crippen LogP contribution in [0.15, 0.2) is 60.9 Å². The van der Waals surface area contributed by atoms with E-state index in [-0.39, 0.29) is 5.91 Å². The molecule has 1 N–H and O–H groups in total. The third-order valence-corrected chi connectivity index (χ3v) is 4.71. The molecule has 0 spiro atoms. The molecule has 1 amide bonds. The fourth-order valence-electron chi connectivity index (χ4n) is 3.21. The zero-order valence-electron chi connectivity index (χ0n) is 16.3. The molecule has 4 aromatic rings. The van der Waals surface area contributed by atoms with Gasteiger partial charge in [-0.3, -0.25) is 4.79 Å². The highest BCUT2D eigenvalue weighted by Crippen LogP contribution is 2.23. The van der Waals surface area contributed by atoms with Gasteiger partial charge in [0, 0.05) is 23.5 Å². The molecule has 7 heteroatoms. The highest BCUT2D eigenvalue weighted by molar-refractivity contribution is 5.90. The molecule has 0 saturated heterocycles. The van der Waals surface area contributed by atoms with Crippen molar-refractivity contribution in [3.63, 3.8) is 0 Å². The minimum absolute atomic E-state index is 0.0563. The van der Waals surface area contributed by atoms with Crippen molar-refractivity contribution < 1.29 is 9.53 Å². The fourth-order valence-corrected chi connectivity index (χ4v) is 3.21. The number of aryl methyl sites for hydroxylation is 2. The van der Waals surface area contributed by atoms with Gasteiger partial charge in [-0.15, -0.1) is 0 Å². The maximum Gasteiger partial charge on any atom is 0.252 e. The number of rotatable bonds is 6. The SMILES string of the molecule is Cc1nc2ncnn2c(C)c1CCC(=O)Nc1ccc(Oc2ccccc2)cc1. The first-order chi connectivity index (χ1) is 14.1. The summed E-state index contributed by atoms with van der Waals surface area (Å²) in [5.41, 5.74) is 3.58. The molecule has 0 unspecified atom stereocenters. The van der Waals surface area contributed by atoms with Gasteiger partial charge >= 0.3 is 0 Å². The van der Waals surface area contributed by atoms with E-state index in [9.17, 15) is 4.79 Å². The van der Waals surface area contributed by atoms with Gasteiger partial charge in [0.05, 0.1) is 0 Å². The normalized spacial score (nSPS) is 10.8. The summed E-state index contributed by atoms with van der Waals surface area (Å²) in [6.45, 7) is 3.90. The molecule has 146 valence electrons. The summed E-state index contributed by atoms with van der Waals surface area (Å²) < 4.78 is 7.47. The lowest BCUT2D eigenvalue weighted by atomic mass is 10.1. The quantitative estimate of drug-likeness (QED) is 0.539.